The number of nitrogens with one attached hydrogen (secondary N) is 2. The largest absolute Gasteiger partial charge is 0.396 e. The Hall–Kier alpha value is -1.34. The predicted molar refractivity (Wildman–Crippen MR) is 61.6 cm³/mol. The lowest BCUT2D eigenvalue weighted by Gasteiger charge is -2.08. The fourth-order valence-corrected chi connectivity index (χ4v) is 2.00. The van der Waals surface area contributed by atoms with E-state index in [0.717, 1.165) is 6.07 Å². The Kier molecular flexibility index (Phi) is 4.08. The average molecular weight is 247 g/mol. The van der Waals surface area contributed by atoms with Crippen molar-refractivity contribution in [1.29, 1.82) is 0 Å². The molecule has 0 spiro atoms. The summed E-state index contributed by atoms with van der Waals surface area (Å²) in [5.41, 5.74) is 5.38. The van der Waals surface area contributed by atoms with Gasteiger partial charge in [-0.05, 0) is 18.6 Å². The van der Waals surface area contributed by atoms with Gasteiger partial charge in [0.2, 0.25) is 0 Å². The molecule has 0 radical (unpaired) electrons. The van der Waals surface area contributed by atoms with Gasteiger partial charge in [-0.25, -0.2) is 4.39 Å². The van der Waals surface area contributed by atoms with E-state index in [1.165, 1.54) is 12.1 Å². The van der Waals surface area contributed by atoms with E-state index in [-0.39, 0.29) is 11.4 Å². The van der Waals surface area contributed by atoms with E-state index in [1.807, 2.05) is 6.92 Å². The number of anilines is 2. The second-order valence-electron chi connectivity index (χ2n) is 3.24. The minimum atomic E-state index is -3.63. The van der Waals surface area contributed by atoms with Crippen LogP contribution in [0.4, 0.5) is 15.8 Å². The van der Waals surface area contributed by atoms with Crippen molar-refractivity contribution in [2.45, 2.75) is 13.3 Å². The van der Waals surface area contributed by atoms with Crippen molar-refractivity contribution in [3.05, 3.63) is 24.0 Å². The van der Waals surface area contributed by atoms with Gasteiger partial charge < -0.3 is 5.73 Å². The van der Waals surface area contributed by atoms with Crippen molar-refractivity contribution in [3.8, 4) is 0 Å². The van der Waals surface area contributed by atoms with Crippen molar-refractivity contribution in [2.75, 3.05) is 17.0 Å². The van der Waals surface area contributed by atoms with Crippen LogP contribution in [0.2, 0.25) is 0 Å². The Morgan fingerprint density at radius 1 is 1.44 bits per heavy atom. The number of nitrogen functional groups attached to an aromatic ring is 1. The molecule has 0 aliphatic carbocycles. The molecule has 1 aromatic carbocycles. The van der Waals surface area contributed by atoms with Crippen molar-refractivity contribution in [3.63, 3.8) is 0 Å². The van der Waals surface area contributed by atoms with E-state index >= 15 is 0 Å². The molecule has 5 nitrogen and oxygen atoms in total. The smallest absolute Gasteiger partial charge is 0.299 e. The maximum atomic E-state index is 13.0. The first kappa shape index (κ1) is 12.7. The third-order valence-corrected chi connectivity index (χ3v) is 2.88. The average Bonchev–Trinajstić information content (AvgIpc) is 2.20. The first-order chi connectivity index (χ1) is 7.44. The fourth-order valence-electron chi connectivity index (χ4n) is 1.02. The molecule has 16 heavy (non-hydrogen) atoms. The maximum Gasteiger partial charge on any atom is 0.299 e. The second kappa shape index (κ2) is 5.13. The summed E-state index contributed by atoms with van der Waals surface area (Å²) in [7, 11) is -3.63. The van der Waals surface area contributed by atoms with Crippen LogP contribution in [0.3, 0.4) is 0 Å². The molecule has 0 saturated carbocycles. The Morgan fingerprint density at radius 2 is 2.12 bits per heavy atom. The molecule has 4 N–H and O–H groups in total. The first-order valence-corrected chi connectivity index (χ1v) is 6.25. The van der Waals surface area contributed by atoms with Gasteiger partial charge >= 0.3 is 0 Å². The number of benzene rings is 1. The summed E-state index contributed by atoms with van der Waals surface area (Å²) >= 11 is 0. The van der Waals surface area contributed by atoms with Gasteiger partial charge in [0.25, 0.3) is 10.2 Å². The highest BCUT2D eigenvalue weighted by Gasteiger charge is 2.09. The molecule has 1 rings (SSSR count). The summed E-state index contributed by atoms with van der Waals surface area (Å²) in [6.45, 7) is 2.16. The van der Waals surface area contributed by atoms with E-state index in [4.69, 9.17) is 5.73 Å². The zero-order valence-corrected chi connectivity index (χ0v) is 9.64. The Labute approximate surface area is 94.0 Å². The lowest BCUT2D eigenvalue weighted by molar-refractivity contribution is 0.586. The van der Waals surface area contributed by atoms with E-state index in [2.05, 4.69) is 9.44 Å². The number of hydrogen-bond acceptors (Lipinski definition) is 3. The highest BCUT2D eigenvalue weighted by molar-refractivity contribution is 7.90. The number of rotatable bonds is 5. The Bertz CT molecular complexity index is 462. The van der Waals surface area contributed by atoms with Crippen LogP contribution in [0.1, 0.15) is 13.3 Å². The molecule has 0 amide bonds. The highest BCUT2D eigenvalue weighted by Crippen LogP contribution is 2.16. The molecule has 1 aromatic rings. The van der Waals surface area contributed by atoms with Crippen LogP contribution in [-0.2, 0) is 10.2 Å². The molecule has 0 atom stereocenters. The number of halogens is 1. The SMILES string of the molecule is CCCNS(=O)(=O)Nc1ccc(N)c(F)c1. The molecular formula is C9H14FN3O2S. The summed E-state index contributed by atoms with van der Waals surface area (Å²) in [5.74, 6) is -0.657. The van der Waals surface area contributed by atoms with Gasteiger partial charge in [-0.1, -0.05) is 6.92 Å². The van der Waals surface area contributed by atoms with Gasteiger partial charge in [0.05, 0.1) is 11.4 Å². The molecule has 90 valence electrons. The van der Waals surface area contributed by atoms with Gasteiger partial charge in [-0.15, -0.1) is 0 Å². The number of nitrogens with two attached hydrogens (primary N) is 1. The van der Waals surface area contributed by atoms with E-state index in [1.54, 1.807) is 0 Å². The van der Waals surface area contributed by atoms with Crippen molar-refractivity contribution >= 4 is 21.6 Å². The molecule has 0 aromatic heterocycles. The lowest BCUT2D eigenvalue weighted by Crippen LogP contribution is -2.30. The predicted octanol–water partition coefficient (Wildman–Crippen LogP) is 1.06. The van der Waals surface area contributed by atoms with Gasteiger partial charge in [-0.2, -0.15) is 13.1 Å². The summed E-state index contributed by atoms with van der Waals surface area (Å²) in [6, 6.07) is 3.72. The molecule has 0 aliphatic rings. The third kappa shape index (κ3) is 3.67. The molecule has 7 heteroatoms. The molecule has 0 fully saturated rings. The number of hydrogen-bond donors (Lipinski definition) is 3. The van der Waals surface area contributed by atoms with Crippen molar-refractivity contribution in [2.24, 2.45) is 0 Å². The van der Waals surface area contributed by atoms with Gasteiger partial charge in [0.1, 0.15) is 5.82 Å². The van der Waals surface area contributed by atoms with Crippen LogP contribution in [-0.4, -0.2) is 15.0 Å². The molecule has 0 aliphatic heterocycles. The third-order valence-electron chi connectivity index (χ3n) is 1.79. The Balaban J connectivity index is 2.76. The minimum Gasteiger partial charge on any atom is -0.396 e. The fraction of sp³-hybridized carbons (Fsp3) is 0.333. The molecular weight excluding hydrogens is 233 g/mol. The summed E-state index contributed by atoms with van der Waals surface area (Å²) in [5, 5.41) is 0. The van der Waals surface area contributed by atoms with Crippen LogP contribution >= 0.6 is 0 Å². The van der Waals surface area contributed by atoms with Crippen LogP contribution in [0.5, 0.6) is 0 Å². The monoisotopic (exact) mass is 247 g/mol. The van der Waals surface area contributed by atoms with E-state index in [0.29, 0.717) is 13.0 Å². The normalized spacial score (nSPS) is 11.4. The van der Waals surface area contributed by atoms with Gasteiger partial charge in [-0.3, -0.25) is 4.72 Å². The van der Waals surface area contributed by atoms with Crippen molar-refractivity contribution in [1.82, 2.24) is 4.72 Å². The van der Waals surface area contributed by atoms with Gasteiger partial charge in [0.15, 0.2) is 0 Å². The minimum absolute atomic E-state index is 0.0236. The zero-order valence-electron chi connectivity index (χ0n) is 8.83. The quantitative estimate of drug-likeness (QED) is 0.680. The summed E-state index contributed by atoms with van der Waals surface area (Å²) < 4.78 is 40.3. The second-order valence-corrected chi connectivity index (χ2v) is 4.74. The lowest BCUT2D eigenvalue weighted by atomic mass is 10.3. The van der Waals surface area contributed by atoms with Crippen LogP contribution in [0, 0.1) is 5.82 Å². The topological polar surface area (TPSA) is 84.2 Å². The van der Waals surface area contributed by atoms with Crippen molar-refractivity contribution < 1.29 is 12.8 Å². The Morgan fingerprint density at radius 3 is 2.69 bits per heavy atom. The molecule has 0 saturated heterocycles. The molecule has 0 bridgehead atoms. The van der Waals surface area contributed by atoms with Crippen LogP contribution in [0.15, 0.2) is 18.2 Å². The van der Waals surface area contributed by atoms with Crippen LogP contribution < -0.4 is 15.2 Å². The van der Waals surface area contributed by atoms with Gasteiger partial charge in [0, 0.05) is 12.6 Å². The standard InChI is InChI=1S/C9H14FN3O2S/c1-2-5-12-16(14,15)13-7-3-4-9(11)8(10)6-7/h3-4,6,12-13H,2,5,11H2,1H3. The molecule has 0 unspecified atom stereocenters. The highest BCUT2D eigenvalue weighted by atomic mass is 32.2. The van der Waals surface area contributed by atoms with Crippen LogP contribution in [0.25, 0.3) is 0 Å². The molecule has 0 heterocycles. The summed E-state index contributed by atoms with van der Waals surface area (Å²) in [6.07, 6.45) is 0.678. The zero-order chi connectivity index (χ0) is 12.2. The van der Waals surface area contributed by atoms with E-state index < -0.39 is 16.0 Å². The summed E-state index contributed by atoms with van der Waals surface area (Å²) in [4.78, 5) is 0. The maximum absolute atomic E-state index is 13.0. The van der Waals surface area contributed by atoms with E-state index in [9.17, 15) is 12.8 Å². The first-order valence-electron chi connectivity index (χ1n) is 4.77.